The second-order valence-corrected chi connectivity index (χ2v) is 7.28. The zero-order chi connectivity index (χ0) is 20.0. The third-order valence-electron chi connectivity index (χ3n) is 4.94. The lowest BCUT2D eigenvalue weighted by atomic mass is 9.96. The van der Waals surface area contributed by atoms with Gasteiger partial charge in [0, 0.05) is 24.7 Å². The summed E-state index contributed by atoms with van der Waals surface area (Å²) < 4.78 is 18.1. The van der Waals surface area contributed by atoms with E-state index in [2.05, 4.69) is 5.32 Å². The lowest BCUT2D eigenvalue weighted by Gasteiger charge is -2.31. The van der Waals surface area contributed by atoms with E-state index in [0.29, 0.717) is 37.4 Å². The first-order valence-corrected chi connectivity index (χ1v) is 9.28. The van der Waals surface area contributed by atoms with Crippen LogP contribution in [0.15, 0.2) is 24.3 Å². The summed E-state index contributed by atoms with van der Waals surface area (Å²) in [6, 6.07) is 5.42. The molecule has 27 heavy (non-hydrogen) atoms. The second kappa shape index (κ2) is 9.48. The predicted octanol–water partition coefficient (Wildman–Crippen LogP) is 2.38. The van der Waals surface area contributed by atoms with Crippen LogP contribution < -0.4 is 5.32 Å². The number of likely N-dealkylation sites (tertiary alicyclic amines) is 1. The van der Waals surface area contributed by atoms with Gasteiger partial charge in [0.15, 0.2) is 6.61 Å². The van der Waals surface area contributed by atoms with Gasteiger partial charge < -0.3 is 15.0 Å². The van der Waals surface area contributed by atoms with Gasteiger partial charge in [0.25, 0.3) is 11.8 Å². The van der Waals surface area contributed by atoms with Crippen LogP contribution in [0.2, 0.25) is 0 Å². The Labute approximate surface area is 159 Å². The molecule has 0 spiro atoms. The van der Waals surface area contributed by atoms with Crippen LogP contribution in [-0.2, 0) is 14.3 Å². The molecule has 1 aliphatic heterocycles. The number of rotatable bonds is 6. The van der Waals surface area contributed by atoms with Crippen LogP contribution >= 0.6 is 0 Å². The largest absolute Gasteiger partial charge is 0.455 e. The number of piperidine rings is 1. The molecule has 2 amide bonds. The third-order valence-corrected chi connectivity index (χ3v) is 4.94. The van der Waals surface area contributed by atoms with Crippen molar-refractivity contribution in [2.24, 2.45) is 11.8 Å². The van der Waals surface area contributed by atoms with Gasteiger partial charge in [0.05, 0.1) is 5.92 Å². The van der Waals surface area contributed by atoms with Gasteiger partial charge in [-0.05, 0) is 49.9 Å². The van der Waals surface area contributed by atoms with E-state index >= 15 is 0 Å². The molecule has 1 aromatic rings. The number of hydrogen-bond acceptors (Lipinski definition) is 4. The van der Waals surface area contributed by atoms with Crippen LogP contribution in [0.25, 0.3) is 0 Å². The Kier molecular flexibility index (Phi) is 7.33. The second-order valence-electron chi connectivity index (χ2n) is 7.28. The number of benzene rings is 1. The van der Waals surface area contributed by atoms with E-state index in [4.69, 9.17) is 4.74 Å². The molecule has 1 N–H and O–H groups in total. The van der Waals surface area contributed by atoms with Gasteiger partial charge >= 0.3 is 5.97 Å². The van der Waals surface area contributed by atoms with Crippen LogP contribution in [0.3, 0.4) is 0 Å². The molecule has 1 aromatic carbocycles. The molecule has 1 saturated heterocycles. The van der Waals surface area contributed by atoms with E-state index < -0.39 is 5.97 Å². The quantitative estimate of drug-likeness (QED) is 0.771. The van der Waals surface area contributed by atoms with Crippen molar-refractivity contribution in [3.8, 4) is 0 Å². The summed E-state index contributed by atoms with van der Waals surface area (Å²) in [5.41, 5.74) is 0.424. The Balaban J connectivity index is 1.76. The smallest absolute Gasteiger partial charge is 0.309 e. The predicted molar refractivity (Wildman–Crippen MR) is 98.4 cm³/mol. The highest BCUT2D eigenvalue weighted by Gasteiger charge is 2.29. The first-order chi connectivity index (χ1) is 12.8. The number of nitrogens with one attached hydrogen (secondary N) is 1. The molecule has 1 heterocycles. The van der Waals surface area contributed by atoms with Crippen molar-refractivity contribution < 1.29 is 23.5 Å². The average Bonchev–Trinajstić information content (AvgIpc) is 2.66. The summed E-state index contributed by atoms with van der Waals surface area (Å²) in [6.07, 6.45) is 0.964. The van der Waals surface area contributed by atoms with Crippen LogP contribution in [0.4, 0.5) is 4.39 Å². The lowest BCUT2D eigenvalue weighted by molar-refractivity contribution is -0.154. The Morgan fingerprint density at radius 2 is 1.74 bits per heavy atom. The van der Waals surface area contributed by atoms with Crippen molar-refractivity contribution in [3.05, 3.63) is 35.6 Å². The minimum atomic E-state index is -0.406. The van der Waals surface area contributed by atoms with Gasteiger partial charge in [-0.2, -0.15) is 0 Å². The molecule has 0 aromatic heterocycles. The third kappa shape index (κ3) is 6.05. The highest BCUT2D eigenvalue weighted by Crippen LogP contribution is 2.20. The average molecular weight is 378 g/mol. The molecule has 1 atom stereocenters. The molecule has 1 fully saturated rings. The van der Waals surface area contributed by atoms with Gasteiger partial charge in [-0.1, -0.05) is 13.8 Å². The minimum Gasteiger partial charge on any atom is -0.455 e. The SMILES string of the molecule is CC(C)[C@H](C)NC(=O)COC(=O)C1CCN(C(=O)c2ccc(F)cc2)CC1. The molecule has 6 nitrogen and oxygen atoms in total. The van der Waals surface area contributed by atoms with E-state index in [-0.39, 0.29) is 36.2 Å². The van der Waals surface area contributed by atoms with Gasteiger partial charge in [-0.25, -0.2) is 4.39 Å². The minimum absolute atomic E-state index is 0.0110. The van der Waals surface area contributed by atoms with Crippen LogP contribution in [0.5, 0.6) is 0 Å². The number of esters is 1. The molecule has 0 saturated carbocycles. The molecule has 0 unspecified atom stereocenters. The standard InChI is InChI=1S/C20H27FN2O4/c1-13(2)14(3)22-18(24)12-27-20(26)16-8-10-23(11-9-16)19(25)15-4-6-17(21)7-5-15/h4-7,13-14,16H,8-12H2,1-3H3,(H,22,24)/t14-/m0/s1. The molecule has 0 bridgehead atoms. The summed E-state index contributed by atoms with van der Waals surface area (Å²) in [7, 11) is 0. The van der Waals surface area contributed by atoms with Crippen molar-refractivity contribution in [1.29, 1.82) is 0 Å². The van der Waals surface area contributed by atoms with E-state index in [9.17, 15) is 18.8 Å². The van der Waals surface area contributed by atoms with Crippen LogP contribution in [0.1, 0.15) is 44.0 Å². The molecule has 2 rings (SSSR count). The molecule has 0 radical (unpaired) electrons. The molecular formula is C20H27FN2O4. The van der Waals surface area contributed by atoms with Crippen molar-refractivity contribution in [2.75, 3.05) is 19.7 Å². The summed E-state index contributed by atoms with van der Waals surface area (Å²) >= 11 is 0. The van der Waals surface area contributed by atoms with Crippen molar-refractivity contribution >= 4 is 17.8 Å². The van der Waals surface area contributed by atoms with Gasteiger partial charge in [0.1, 0.15) is 5.82 Å². The van der Waals surface area contributed by atoms with E-state index in [1.165, 1.54) is 24.3 Å². The van der Waals surface area contributed by atoms with Crippen LogP contribution in [0, 0.1) is 17.7 Å². The monoisotopic (exact) mass is 378 g/mol. The van der Waals surface area contributed by atoms with E-state index in [0.717, 1.165) is 0 Å². The fraction of sp³-hybridized carbons (Fsp3) is 0.550. The summed E-state index contributed by atoms with van der Waals surface area (Å²) in [4.78, 5) is 38.0. The van der Waals surface area contributed by atoms with E-state index in [1.54, 1.807) is 4.90 Å². The topological polar surface area (TPSA) is 75.7 Å². The maximum absolute atomic E-state index is 13.0. The maximum Gasteiger partial charge on any atom is 0.309 e. The summed E-state index contributed by atoms with van der Waals surface area (Å²) in [5.74, 6) is -1.31. The van der Waals surface area contributed by atoms with Crippen molar-refractivity contribution in [2.45, 2.75) is 39.7 Å². The number of hydrogen-bond donors (Lipinski definition) is 1. The Morgan fingerprint density at radius 1 is 1.15 bits per heavy atom. The highest BCUT2D eigenvalue weighted by atomic mass is 19.1. The molecule has 0 aliphatic carbocycles. The first kappa shape index (κ1) is 20.9. The fourth-order valence-corrected chi connectivity index (χ4v) is 2.81. The molecule has 1 aliphatic rings. The van der Waals surface area contributed by atoms with Gasteiger partial charge in [0.2, 0.25) is 0 Å². The van der Waals surface area contributed by atoms with Crippen molar-refractivity contribution in [1.82, 2.24) is 10.2 Å². The summed E-state index contributed by atoms with van der Waals surface area (Å²) in [5, 5.41) is 2.79. The highest BCUT2D eigenvalue weighted by molar-refractivity contribution is 5.94. The number of nitrogens with zero attached hydrogens (tertiary/aromatic N) is 1. The number of ether oxygens (including phenoxy) is 1. The zero-order valence-corrected chi connectivity index (χ0v) is 16.0. The van der Waals surface area contributed by atoms with Crippen LogP contribution in [-0.4, -0.2) is 48.4 Å². The van der Waals surface area contributed by atoms with Gasteiger partial charge in [-0.3, -0.25) is 14.4 Å². The normalized spacial score (nSPS) is 16.1. The maximum atomic E-state index is 13.0. The Morgan fingerprint density at radius 3 is 2.30 bits per heavy atom. The zero-order valence-electron chi connectivity index (χ0n) is 16.0. The fourth-order valence-electron chi connectivity index (χ4n) is 2.81. The number of carbonyl (C=O) groups is 3. The molecule has 7 heteroatoms. The number of carbonyl (C=O) groups excluding carboxylic acids is 3. The Hall–Kier alpha value is -2.44. The Bertz CT molecular complexity index is 667. The molecular weight excluding hydrogens is 351 g/mol. The number of halogens is 1. The molecule has 148 valence electrons. The number of amides is 2. The van der Waals surface area contributed by atoms with Crippen molar-refractivity contribution in [3.63, 3.8) is 0 Å². The first-order valence-electron chi connectivity index (χ1n) is 9.28. The van der Waals surface area contributed by atoms with Gasteiger partial charge in [-0.15, -0.1) is 0 Å². The van der Waals surface area contributed by atoms with E-state index in [1.807, 2.05) is 20.8 Å². The lowest BCUT2D eigenvalue weighted by Crippen LogP contribution is -2.42. The summed E-state index contributed by atoms with van der Waals surface area (Å²) in [6.45, 7) is 6.46.